The van der Waals surface area contributed by atoms with Crippen LogP contribution in [0.4, 0.5) is 0 Å². The van der Waals surface area contributed by atoms with Gasteiger partial charge in [-0.2, -0.15) is 5.26 Å². The summed E-state index contributed by atoms with van der Waals surface area (Å²) >= 11 is 0. The Morgan fingerprint density at radius 1 is 1.36 bits per heavy atom. The fourth-order valence-electron chi connectivity index (χ4n) is 0.913. The van der Waals surface area contributed by atoms with Crippen LogP contribution in [-0.4, -0.2) is 29.6 Å². The van der Waals surface area contributed by atoms with Crippen molar-refractivity contribution < 1.29 is 13.3 Å². The topological polar surface area (TPSA) is 51.5 Å². The summed E-state index contributed by atoms with van der Waals surface area (Å²) in [5, 5.41) is 8.55. The van der Waals surface area contributed by atoms with E-state index in [0.29, 0.717) is 6.61 Å². The third-order valence-electron chi connectivity index (χ3n) is 2.11. The lowest BCUT2D eigenvalue weighted by Gasteiger charge is -2.21. The quantitative estimate of drug-likeness (QED) is 0.482. The fraction of sp³-hybridized carbons (Fsp3) is 0.889. The normalized spacial score (nSPS) is 13.6. The van der Waals surface area contributed by atoms with Crippen molar-refractivity contribution in [3.05, 3.63) is 0 Å². The van der Waals surface area contributed by atoms with Crippen LogP contribution in [-0.2, 0) is 13.3 Å². The minimum Gasteiger partial charge on any atom is -0.377 e. The van der Waals surface area contributed by atoms with Gasteiger partial charge in [-0.1, -0.05) is 0 Å². The number of hydrogen-bond donors (Lipinski definition) is 0. The standard InChI is InChI=1S/C9H19NO3Si/c1-9(8-10)6-5-7-13-14(4,11-2)12-3/h9H,5-7H2,1-4H3. The lowest BCUT2D eigenvalue weighted by molar-refractivity contribution is 0.103. The third-order valence-corrected chi connectivity index (χ3v) is 4.32. The molecule has 4 nitrogen and oxygen atoms in total. The average Bonchev–Trinajstić information content (AvgIpc) is 2.23. The molecule has 0 saturated heterocycles. The van der Waals surface area contributed by atoms with Crippen molar-refractivity contribution in [3.63, 3.8) is 0 Å². The first-order chi connectivity index (χ1) is 6.58. The van der Waals surface area contributed by atoms with Crippen LogP contribution in [0, 0.1) is 17.2 Å². The van der Waals surface area contributed by atoms with Crippen LogP contribution in [0.15, 0.2) is 0 Å². The fourth-order valence-corrected chi connectivity index (χ4v) is 1.83. The molecule has 0 heterocycles. The molecule has 1 unspecified atom stereocenters. The molecule has 0 rings (SSSR count). The summed E-state index contributed by atoms with van der Waals surface area (Å²) in [6.07, 6.45) is 1.72. The number of rotatable bonds is 7. The Morgan fingerprint density at radius 2 is 1.93 bits per heavy atom. The minimum atomic E-state index is -2.36. The Bertz CT molecular complexity index is 189. The molecule has 0 aromatic rings. The van der Waals surface area contributed by atoms with Crippen molar-refractivity contribution >= 4 is 8.80 Å². The molecule has 0 aliphatic rings. The van der Waals surface area contributed by atoms with Crippen molar-refractivity contribution in [2.75, 3.05) is 20.8 Å². The molecule has 0 aliphatic carbocycles. The second kappa shape index (κ2) is 6.96. The van der Waals surface area contributed by atoms with Crippen molar-refractivity contribution in [3.8, 4) is 6.07 Å². The molecule has 1 atom stereocenters. The number of hydrogen-bond acceptors (Lipinski definition) is 4. The van der Waals surface area contributed by atoms with Crippen molar-refractivity contribution in [1.82, 2.24) is 0 Å². The predicted molar refractivity (Wildman–Crippen MR) is 55.6 cm³/mol. The maximum Gasteiger partial charge on any atom is 0.497 e. The summed E-state index contributed by atoms with van der Waals surface area (Å²) in [6.45, 7) is 4.35. The molecule has 0 amide bonds. The summed E-state index contributed by atoms with van der Waals surface area (Å²) < 4.78 is 15.8. The third kappa shape index (κ3) is 5.35. The second-order valence-corrected chi connectivity index (χ2v) is 6.12. The molecule has 0 saturated carbocycles. The van der Waals surface area contributed by atoms with Crippen LogP contribution < -0.4 is 0 Å². The van der Waals surface area contributed by atoms with E-state index in [1.165, 1.54) is 0 Å². The van der Waals surface area contributed by atoms with E-state index in [-0.39, 0.29) is 5.92 Å². The molecule has 0 N–H and O–H groups in total. The molecule has 82 valence electrons. The van der Waals surface area contributed by atoms with Gasteiger partial charge < -0.3 is 13.3 Å². The van der Waals surface area contributed by atoms with Gasteiger partial charge in [-0.25, -0.2) is 0 Å². The van der Waals surface area contributed by atoms with E-state index in [2.05, 4.69) is 6.07 Å². The Kier molecular flexibility index (Phi) is 6.75. The minimum absolute atomic E-state index is 0.0941. The lowest BCUT2D eigenvalue weighted by atomic mass is 10.1. The molecule has 0 fully saturated rings. The summed E-state index contributed by atoms with van der Waals surface area (Å²) in [6, 6.07) is 2.18. The Morgan fingerprint density at radius 3 is 2.36 bits per heavy atom. The number of nitriles is 1. The molecule has 0 aromatic heterocycles. The van der Waals surface area contributed by atoms with Crippen LogP contribution in [0.2, 0.25) is 6.55 Å². The molecule has 0 spiro atoms. The van der Waals surface area contributed by atoms with E-state index in [1.807, 2.05) is 13.5 Å². The van der Waals surface area contributed by atoms with Crippen LogP contribution >= 0.6 is 0 Å². The van der Waals surface area contributed by atoms with Crippen molar-refractivity contribution in [2.24, 2.45) is 5.92 Å². The van der Waals surface area contributed by atoms with E-state index in [9.17, 15) is 0 Å². The van der Waals surface area contributed by atoms with Crippen LogP contribution in [0.5, 0.6) is 0 Å². The highest BCUT2D eigenvalue weighted by Crippen LogP contribution is 2.09. The Labute approximate surface area is 87.1 Å². The first-order valence-electron chi connectivity index (χ1n) is 4.72. The SMILES string of the molecule is CO[Si](C)(OC)OCCCC(C)C#N. The number of nitrogens with zero attached hydrogens (tertiary/aromatic N) is 1. The highest BCUT2D eigenvalue weighted by Gasteiger charge is 2.31. The summed E-state index contributed by atoms with van der Waals surface area (Å²) in [7, 11) is 0.819. The Balaban J connectivity index is 3.58. The summed E-state index contributed by atoms with van der Waals surface area (Å²) in [4.78, 5) is 0. The molecule has 5 heteroatoms. The van der Waals surface area contributed by atoms with Crippen molar-refractivity contribution in [1.29, 1.82) is 5.26 Å². The van der Waals surface area contributed by atoms with Crippen LogP contribution in [0.1, 0.15) is 19.8 Å². The van der Waals surface area contributed by atoms with Gasteiger partial charge >= 0.3 is 8.80 Å². The smallest absolute Gasteiger partial charge is 0.377 e. The van der Waals surface area contributed by atoms with E-state index in [0.717, 1.165) is 12.8 Å². The van der Waals surface area contributed by atoms with E-state index >= 15 is 0 Å². The zero-order valence-corrected chi connectivity index (χ0v) is 10.4. The van der Waals surface area contributed by atoms with Crippen molar-refractivity contribution in [2.45, 2.75) is 26.3 Å². The molecular formula is C9H19NO3Si. The van der Waals surface area contributed by atoms with Gasteiger partial charge in [0.2, 0.25) is 0 Å². The Hall–Kier alpha value is -0.413. The van der Waals surface area contributed by atoms with E-state index in [1.54, 1.807) is 14.2 Å². The van der Waals surface area contributed by atoms with Gasteiger partial charge in [0.15, 0.2) is 0 Å². The molecule has 0 aliphatic heterocycles. The van der Waals surface area contributed by atoms with Crippen LogP contribution in [0.3, 0.4) is 0 Å². The van der Waals surface area contributed by atoms with Crippen LogP contribution in [0.25, 0.3) is 0 Å². The second-order valence-electron chi connectivity index (χ2n) is 3.29. The van der Waals surface area contributed by atoms with E-state index < -0.39 is 8.80 Å². The zero-order chi connectivity index (χ0) is 11.0. The highest BCUT2D eigenvalue weighted by atomic mass is 28.4. The van der Waals surface area contributed by atoms with Gasteiger partial charge in [0.05, 0.1) is 6.07 Å². The van der Waals surface area contributed by atoms with E-state index in [4.69, 9.17) is 18.5 Å². The lowest BCUT2D eigenvalue weighted by Crippen LogP contribution is -2.40. The van der Waals surface area contributed by atoms with Gasteiger partial charge in [0.25, 0.3) is 0 Å². The summed E-state index contributed by atoms with van der Waals surface area (Å²) in [5.74, 6) is 0.0941. The maximum atomic E-state index is 8.55. The largest absolute Gasteiger partial charge is 0.497 e. The molecule has 0 radical (unpaired) electrons. The maximum absolute atomic E-state index is 8.55. The molecule has 14 heavy (non-hydrogen) atoms. The zero-order valence-electron chi connectivity index (χ0n) is 9.37. The predicted octanol–water partition coefficient (Wildman–Crippen LogP) is 1.80. The monoisotopic (exact) mass is 217 g/mol. The molecular weight excluding hydrogens is 198 g/mol. The highest BCUT2D eigenvalue weighted by molar-refractivity contribution is 6.59. The molecule has 0 aromatic carbocycles. The van der Waals surface area contributed by atoms with Gasteiger partial charge in [-0.15, -0.1) is 0 Å². The first-order valence-corrected chi connectivity index (χ1v) is 6.94. The van der Waals surface area contributed by atoms with Gasteiger partial charge in [0.1, 0.15) is 0 Å². The molecule has 0 bridgehead atoms. The summed E-state index contributed by atoms with van der Waals surface area (Å²) in [5.41, 5.74) is 0. The first kappa shape index (κ1) is 13.6. The average molecular weight is 217 g/mol. The van der Waals surface area contributed by atoms with Gasteiger partial charge in [0, 0.05) is 33.3 Å². The van der Waals surface area contributed by atoms with Gasteiger partial charge in [-0.3, -0.25) is 0 Å². The van der Waals surface area contributed by atoms with Gasteiger partial charge in [-0.05, 0) is 19.8 Å².